The number of aryl methyl sites for hydroxylation is 1. The lowest BCUT2D eigenvalue weighted by Gasteiger charge is -2.38. The third kappa shape index (κ3) is 10.5. The van der Waals surface area contributed by atoms with Gasteiger partial charge < -0.3 is 15.3 Å². The van der Waals surface area contributed by atoms with Gasteiger partial charge in [-0.1, -0.05) is 116 Å². The molecule has 6 rings (SSSR count). The SMILES string of the molecule is C.CC.CCCCc1ccc(-c2ccc(-c3cnc(-c4ccc(CC(NC(=O)c5ccc(C(C)(C)C)s5)C(=O)N5CC(C(=O)O)C5)cc4)nc3)c(F)c2)cc1. The Balaban J connectivity index is 0.00000221. The molecule has 3 heterocycles. The van der Waals surface area contributed by atoms with Crippen LogP contribution in [-0.4, -0.2) is 56.9 Å². The minimum atomic E-state index is -0.939. The van der Waals surface area contributed by atoms with Crippen LogP contribution in [-0.2, 0) is 27.8 Å². The predicted molar refractivity (Wildman–Crippen MR) is 221 cm³/mol. The van der Waals surface area contributed by atoms with Crippen molar-refractivity contribution in [2.45, 2.75) is 86.1 Å². The molecule has 3 aromatic carbocycles. The number of thiophene rings is 1. The quantitative estimate of drug-likeness (QED) is 0.131. The lowest BCUT2D eigenvalue weighted by Crippen LogP contribution is -2.59. The van der Waals surface area contributed by atoms with Gasteiger partial charge in [-0.2, -0.15) is 0 Å². The van der Waals surface area contributed by atoms with E-state index in [9.17, 15) is 19.5 Å². The molecule has 10 heteroatoms. The number of nitrogens with one attached hydrogen (secondary N) is 1. The number of carbonyl (C=O) groups excluding carboxylic acids is 2. The smallest absolute Gasteiger partial charge is 0.310 e. The molecular formula is C45H53FN4O4S. The monoisotopic (exact) mass is 764 g/mol. The van der Waals surface area contributed by atoms with Gasteiger partial charge >= 0.3 is 5.97 Å². The summed E-state index contributed by atoms with van der Waals surface area (Å²) in [6.07, 6.45) is 6.76. The van der Waals surface area contributed by atoms with E-state index in [4.69, 9.17) is 0 Å². The van der Waals surface area contributed by atoms with Gasteiger partial charge in [0.25, 0.3) is 5.91 Å². The van der Waals surface area contributed by atoms with Gasteiger partial charge in [-0.3, -0.25) is 14.4 Å². The van der Waals surface area contributed by atoms with Crippen molar-refractivity contribution >= 4 is 29.1 Å². The van der Waals surface area contributed by atoms with Crippen LogP contribution in [0.25, 0.3) is 33.6 Å². The van der Waals surface area contributed by atoms with Gasteiger partial charge in [0, 0.05) is 53.5 Å². The number of unbranched alkanes of at least 4 members (excludes halogenated alkanes) is 1. The Labute approximate surface area is 328 Å². The number of rotatable bonds is 12. The summed E-state index contributed by atoms with van der Waals surface area (Å²) in [5.41, 5.74) is 5.44. The maximum Gasteiger partial charge on any atom is 0.310 e. The predicted octanol–water partition coefficient (Wildman–Crippen LogP) is 9.86. The fourth-order valence-corrected chi connectivity index (χ4v) is 7.11. The first kappa shape index (κ1) is 42.5. The Morgan fingerprint density at radius 3 is 2.04 bits per heavy atom. The summed E-state index contributed by atoms with van der Waals surface area (Å²) >= 11 is 1.39. The number of hydrogen-bond donors (Lipinski definition) is 2. The van der Waals surface area contributed by atoms with Crippen LogP contribution in [0.15, 0.2) is 91.3 Å². The molecule has 0 radical (unpaired) electrons. The van der Waals surface area contributed by atoms with E-state index < -0.39 is 17.9 Å². The first-order valence-corrected chi connectivity index (χ1v) is 19.4. The Kier molecular flexibility index (Phi) is 14.6. The zero-order chi connectivity index (χ0) is 39.0. The van der Waals surface area contributed by atoms with Gasteiger partial charge in [0.05, 0.1) is 10.8 Å². The normalized spacial score (nSPS) is 13.1. The van der Waals surface area contributed by atoms with Crippen molar-refractivity contribution in [2.75, 3.05) is 13.1 Å². The van der Waals surface area contributed by atoms with Gasteiger partial charge in [0.1, 0.15) is 11.9 Å². The zero-order valence-electron chi connectivity index (χ0n) is 31.9. The number of carboxylic acids is 1. The fraction of sp³-hybridized carbons (Fsp3) is 0.356. The molecule has 0 bridgehead atoms. The Morgan fingerprint density at radius 1 is 0.873 bits per heavy atom. The molecule has 55 heavy (non-hydrogen) atoms. The summed E-state index contributed by atoms with van der Waals surface area (Å²) in [6, 6.07) is 23.7. The van der Waals surface area contributed by atoms with E-state index in [1.807, 2.05) is 62.4 Å². The van der Waals surface area contributed by atoms with Crippen LogP contribution in [0.4, 0.5) is 4.39 Å². The molecule has 2 N–H and O–H groups in total. The van der Waals surface area contributed by atoms with Crippen molar-refractivity contribution < 1.29 is 23.9 Å². The first-order chi connectivity index (χ1) is 25.9. The van der Waals surface area contributed by atoms with E-state index in [0.29, 0.717) is 21.8 Å². The molecule has 1 aliphatic rings. The second kappa shape index (κ2) is 18.9. The van der Waals surface area contributed by atoms with Crippen molar-refractivity contribution in [3.63, 3.8) is 0 Å². The number of amides is 2. The third-order valence-electron chi connectivity index (χ3n) is 9.41. The number of hydrogen-bond acceptors (Lipinski definition) is 6. The van der Waals surface area contributed by atoms with E-state index >= 15 is 4.39 Å². The third-order valence-corrected chi connectivity index (χ3v) is 10.9. The molecule has 1 saturated heterocycles. The molecule has 8 nitrogen and oxygen atoms in total. The molecule has 2 aromatic heterocycles. The van der Waals surface area contributed by atoms with Crippen molar-refractivity contribution in [1.82, 2.24) is 20.2 Å². The standard InChI is InChI=1S/C42H43FN4O4S.C2H6.CH4/c1-5-6-7-26-8-12-28(13-9-26)30-16-17-33(34(43)21-30)31-22-44-38(45-23-31)29-14-10-27(11-15-29)20-35(40(49)47-24-32(25-47)41(50)51)46-39(48)36-18-19-37(52-36)42(2,3)4;1-2;/h8-19,21-23,32,35H,5-7,20,24-25H2,1-4H3,(H,46,48)(H,50,51);1-2H3;1H4. The molecular weight excluding hydrogens is 712 g/mol. The fourth-order valence-electron chi connectivity index (χ4n) is 6.14. The lowest BCUT2D eigenvalue weighted by molar-refractivity contribution is -0.153. The molecule has 0 aliphatic carbocycles. The Bertz CT molecular complexity index is 2050. The molecule has 1 atom stereocenters. The molecule has 1 aliphatic heterocycles. The van der Waals surface area contributed by atoms with Gasteiger partial charge in [-0.15, -0.1) is 11.3 Å². The van der Waals surface area contributed by atoms with E-state index in [0.717, 1.165) is 46.4 Å². The number of aliphatic carboxylic acids is 1. The second-order valence-corrected chi connectivity index (χ2v) is 15.5. The average Bonchev–Trinajstić information content (AvgIpc) is 3.66. The van der Waals surface area contributed by atoms with Crippen molar-refractivity contribution in [3.05, 3.63) is 118 Å². The highest BCUT2D eigenvalue weighted by atomic mass is 32.1. The number of carboxylic acid groups (broad SMARTS) is 1. The van der Waals surface area contributed by atoms with E-state index in [1.54, 1.807) is 30.6 Å². The highest BCUT2D eigenvalue weighted by Crippen LogP contribution is 2.31. The number of carbonyl (C=O) groups is 3. The number of likely N-dealkylation sites (tertiary alicyclic amines) is 1. The Morgan fingerprint density at radius 2 is 1.47 bits per heavy atom. The van der Waals surface area contributed by atoms with E-state index in [-0.39, 0.29) is 50.0 Å². The molecule has 0 spiro atoms. The maximum absolute atomic E-state index is 15.3. The van der Waals surface area contributed by atoms with Crippen LogP contribution in [0.5, 0.6) is 0 Å². The highest BCUT2D eigenvalue weighted by Gasteiger charge is 2.39. The lowest BCUT2D eigenvalue weighted by atomic mass is 9.95. The molecule has 1 unspecified atom stereocenters. The van der Waals surface area contributed by atoms with Crippen LogP contribution < -0.4 is 5.32 Å². The van der Waals surface area contributed by atoms with Gasteiger partial charge in [0.15, 0.2) is 5.82 Å². The second-order valence-electron chi connectivity index (χ2n) is 14.4. The first-order valence-electron chi connectivity index (χ1n) is 18.6. The maximum atomic E-state index is 15.3. The van der Waals surface area contributed by atoms with Crippen LogP contribution in [0.1, 0.15) is 87.5 Å². The summed E-state index contributed by atoms with van der Waals surface area (Å²) in [6.45, 7) is 12.6. The summed E-state index contributed by atoms with van der Waals surface area (Å²) in [4.78, 5) is 50.2. The number of halogens is 1. The molecule has 290 valence electrons. The summed E-state index contributed by atoms with van der Waals surface area (Å²) < 4.78 is 15.3. The van der Waals surface area contributed by atoms with Crippen LogP contribution >= 0.6 is 11.3 Å². The topological polar surface area (TPSA) is 112 Å². The zero-order valence-corrected chi connectivity index (χ0v) is 32.7. The van der Waals surface area contributed by atoms with Crippen molar-refractivity contribution in [1.29, 1.82) is 0 Å². The van der Waals surface area contributed by atoms with Gasteiger partial charge in [0.2, 0.25) is 5.91 Å². The number of benzene rings is 3. The average molecular weight is 765 g/mol. The molecule has 5 aromatic rings. The van der Waals surface area contributed by atoms with Crippen molar-refractivity contribution in [3.8, 4) is 33.6 Å². The summed E-state index contributed by atoms with van der Waals surface area (Å²) in [5, 5.41) is 12.2. The molecule has 2 amide bonds. The highest BCUT2D eigenvalue weighted by molar-refractivity contribution is 7.14. The molecule has 1 fully saturated rings. The number of aromatic nitrogens is 2. The van der Waals surface area contributed by atoms with E-state index in [1.165, 1.54) is 21.8 Å². The van der Waals surface area contributed by atoms with E-state index in [2.05, 4.69) is 55.1 Å². The van der Waals surface area contributed by atoms with Crippen molar-refractivity contribution in [2.24, 2.45) is 5.92 Å². The minimum absolute atomic E-state index is 0. The van der Waals surface area contributed by atoms with Crippen LogP contribution in [0, 0.1) is 11.7 Å². The van der Waals surface area contributed by atoms with Gasteiger partial charge in [-0.05, 0) is 58.7 Å². The Hall–Kier alpha value is -5.22. The van der Waals surface area contributed by atoms with Gasteiger partial charge in [-0.25, -0.2) is 14.4 Å². The van der Waals surface area contributed by atoms with Crippen LogP contribution in [0.2, 0.25) is 0 Å². The minimum Gasteiger partial charge on any atom is -0.481 e. The number of nitrogens with zero attached hydrogens (tertiary/aromatic N) is 3. The summed E-state index contributed by atoms with van der Waals surface area (Å²) in [7, 11) is 0. The molecule has 0 saturated carbocycles. The summed E-state index contributed by atoms with van der Waals surface area (Å²) in [5.74, 6) is -2.10. The largest absolute Gasteiger partial charge is 0.481 e. The van der Waals surface area contributed by atoms with Crippen LogP contribution in [0.3, 0.4) is 0 Å².